The SMILES string of the molecule is O=C(Nc1cc(F)ccc1F)c1cc(COc2ccccc2)cs1. The van der Waals surface area contributed by atoms with Gasteiger partial charge in [0.15, 0.2) is 0 Å². The van der Waals surface area contributed by atoms with Gasteiger partial charge in [-0.15, -0.1) is 11.3 Å². The van der Waals surface area contributed by atoms with Gasteiger partial charge in [-0.05, 0) is 35.7 Å². The first kappa shape index (κ1) is 16.1. The van der Waals surface area contributed by atoms with Crippen molar-refractivity contribution in [1.29, 1.82) is 0 Å². The molecule has 0 saturated carbocycles. The number of para-hydroxylation sites is 1. The Labute approximate surface area is 141 Å². The van der Waals surface area contributed by atoms with Gasteiger partial charge in [-0.1, -0.05) is 18.2 Å². The third kappa shape index (κ3) is 3.97. The van der Waals surface area contributed by atoms with Crippen LogP contribution in [0, 0.1) is 11.6 Å². The summed E-state index contributed by atoms with van der Waals surface area (Å²) in [6.07, 6.45) is 0. The molecule has 122 valence electrons. The van der Waals surface area contributed by atoms with E-state index < -0.39 is 17.5 Å². The van der Waals surface area contributed by atoms with Gasteiger partial charge < -0.3 is 10.1 Å². The first-order valence-corrected chi connectivity index (χ1v) is 8.01. The van der Waals surface area contributed by atoms with Crippen LogP contribution in [0.15, 0.2) is 60.0 Å². The molecule has 24 heavy (non-hydrogen) atoms. The molecule has 2 aromatic carbocycles. The number of carbonyl (C=O) groups excluding carboxylic acids is 1. The van der Waals surface area contributed by atoms with E-state index in [2.05, 4.69) is 5.32 Å². The van der Waals surface area contributed by atoms with Crippen molar-refractivity contribution in [3.8, 4) is 5.75 Å². The molecule has 3 rings (SSSR count). The van der Waals surface area contributed by atoms with Crippen LogP contribution < -0.4 is 10.1 Å². The number of hydrogen-bond acceptors (Lipinski definition) is 3. The predicted molar refractivity (Wildman–Crippen MR) is 89.4 cm³/mol. The number of halogens is 2. The summed E-state index contributed by atoms with van der Waals surface area (Å²) in [5, 5.41) is 4.16. The minimum Gasteiger partial charge on any atom is -0.489 e. The molecule has 0 aliphatic heterocycles. The van der Waals surface area contributed by atoms with Crippen molar-refractivity contribution in [1.82, 2.24) is 0 Å². The lowest BCUT2D eigenvalue weighted by Gasteiger charge is -2.05. The Morgan fingerprint density at radius 2 is 1.88 bits per heavy atom. The van der Waals surface area contributed by atoms with Crippen LogP contribution >= 0.6 is 11.3 Å². The quantitative estimate of drug-likeness (QED) is 0.717. The molecule has 0 atom stereocenters. The summed E-state index contributed by atoms with van der Waals surface area (Å²) in [5.74, 6) is -1.06. The van der Waals surface area contributed by atoms with Crippen molar-refractivity contribution in [3.05, 3.63) is 82.1 Å². The smallest absolute Gasteiger partial charge is 0.265 e. The second kappa shape index (κ2) is 7.23. The summed E-state index contributed by atoms with van der Waals surface area (Å²) < 4.78 is 32.3. The van der Waals surface area contributed by atoms with Crippen molar-refractivity contribution < 1.29 is 18.3 Å². The monoisotopic (exact) mass is 345 g/mol. The van der Waals surface area contributed by atoms with E-state index in [1.54, 1.807) is 11.4 Å². The van der Waals surface area contributed by atoms with E-state index in [-0.39, 0.29) is 5.69 Å². The zero-order valence-electron chi connectivity index (χ0n) is 12.5. The lowest BCUT2D eigenvalue weighted by Crippen LogP contribution is -2.11. The van der Waals surface area contributed by atoms with E-state index in [9.17, 15) is 13.6 Å². The molecule has 0 radical (unpaired) electrons. The van der Waals surface area contributed by atoms with Gasteiger partial charge in [0.2, 0.25) is 0 Å². The molecule has 6 heteroatoms. The van der Waals surface area contributed by atoms with Gasteiger partial charge in [-0.3, -0.25) is 4.79 Å². The fourth-order valence-corrected chi connectivity index (χ4v) is 2.82. The number of benzene rings is 2. The Morgan fingerprint density at radius 1 is 1.08 bits per heavy atom. The van der Waals surface area contributed by atoms with Gasteiger partial charge in [0.1, 0.15) is 24.0 Å². The van der Waals surface area contributed by atoms with E-state index in [1.807, 2.05) is 30.3 Å². The largest absolute Gasteiger partial charge is 0.489 e. The van der Waals surface area contributed by atoms with Crippen molar-refractivity contribution in [2.75, 3.05) is 5.32 Å². The number of anilines is 1. The van der Waals surface area contributed by atoms with E-state index in [0.29, 0.717) is 11.5 Å². The number of ether oxygens (including phenoxy) is 1. The topological polar surface area (TPSA) is 38.3 Å². The third-order valence-corrected chi connectivity index (χ3v) is 4.18. The highest BCUT2D eigenvalue weighted by atomic mass is 32.1. The number of thiophene rings is 1. The summed E-state index contributed by atoms with van der Waals surface area (Å²) in [4.78, 5) is 12.5. The second-order valence-corrected chi connectivity index (χ2v) is 5.91. The highest BCUT2D eigenvalue weighted by Gasteiger charge is 2.13. The first-order chi connectivity index (χ1) is 11.6. The van der Waals surface area contributed by atoms with Gasteiger partial charge in [-0.2, -0.15) is 0 Å². The summed E-state index contributed by atoms with van der Waals surface area (Å²) >= 11 is 1.21. The van der Waals surface area contributed by atoms with Crippen molar-refractivity contribution in [2.45, 2.75) is 6.61 Å². The van der Waals surface area contributed by atoms with Crippen LogP contribution in [0.5, 0.6) is 5.75 Å². The number of nitrogens with one attached hydrogen (secondary N) is 1. The van der Waals surface area contributed by atoms with Crippen LogP contribution in [-0.2, 0) is 6.61 Å². The van der Waals surface area contributed by atoms with E-state index in [1.165, 1.54) is 11.3 Å². The lowest BCUT2D eigenvalue weighted by molar-refractivity contribution is 0.103. The molecule has 3 aromatic rings. The van der Waals surface area contributed by atoms with Crippen LogP contribution in [0.2, 0.25) is 0 Å². The second-order valence-electron chi connectivity index (χ2n) is 5.00. The molecule has 0 bridgehead atoms. The highest BCUT2D eigenvalue weighted by Crippen LogP contribution is 2.21. The van der Waals surface area contributed by atoms with E-state index in [0.717, 1.165) is 29.5 Å². The molecule has 1 amide bonds. The fraction of sp³-hybridized carbons (Fsp3) is 0.0556. The molecular formula is C18H13F2NO2S. The number of hydrogen-bond donors (Lipinski definition) is 1. The summed E-state index contributed by atoms with van der Waals surface area (Å²) in [5.41, 5.74) is 0.643. The average molecular weight is 345 g/mol. The average Bonchev–Trinajstić information content (AvgIpc) is 3.06. The maximum Gasteiger partial charge on any atom is 0.265 e. The van der Waals surface area contributed by atoms with Crippen LogP contribution in [0.4, 0.5) is 14.5 Å². The van der Waals surface area contributed by atoms with Crippen molar-refractivity contribution >= 4 is 22.9 Å². The van der Waals surface area contributed by atoms with Crippen LogP contribution in [-0.4, -0.2) is 5.91 Å². The van der Waals surface area contributed by atoms with Crippen molar-refractivity contribution in [3.63, 3.8) is 0 Å². The molecule has 1 heterocycles. The Hall–Kier alpha value is -2.73. The molecule has 0 spiro atoms. The molecule has 0 aliphatic carbocycles. The predicted octanol–water partition coefficient (Wildman–Crippen LogP) is 4.86. The Bertz CT molecular complexity index is 849. The molecule has 0 unspecified atom stereocenters. The van der Waals surface area contributed by atoms with Gasteiger partial charge in [0, 0.05) is 11.6 Å². The van der Waals surface area contributed by atoms with Gasteiger partial charge in [-0.25, -0.2) is 8.78 Å². The van der Waals surface area contributed by atoms with Gasteiger partial charge >= 0.3 is 0 Å². The normalized spacial score (nSPS) is 10.4. The van der Waals surface area contributed by atoms with E-state index >= 15 is 0 Å². The standard InChI is InChI=1S/C18H13F2NO2S/c19-13-6-7-15(20)16(9-13)21-18(22)17-8-12(11-24-17)10-23-14-4-2-1-3-5-14/h1-9,11H,10H2,(H,21,22). The highest BCUT2D eigenvalue weighted by molar-refractivity contribution is 7.12. The third-order valence-electron chi connectivity index (χ3n) is 3.20. The summed E-state index contributed by atoms with van der Waals surface area (Å²) in [7, 11) is 0. The molecule has 1 aromatic heterocycles. The Balaban J connectivity index is 1.64. The first-order valence-electron chi connectivity index (χ1n) is 7.13. The van der Waals surface area contributed by atoms with E-state index in [4.69, 9.17) is 4.74 Å². The van der Waals surface area contributed by atoms with Crippen LogP contribution in [0.25, 0.3) is 0 Å². The molecule has 0 saturated heterocycles. The Kier molecular flexibility index (Phi) is 4.86. The minimum atomic E-state index is -0.686. The number of rotatable bonds is 5. The zero-order valence-corrected chi connectivity index (χ0v) is 13.3. The number of amides is 1. The fourth-order valence-electron chi connectivity index (χ4n) is 2.03. The lowest BCUT2D eigenvalue weighted by atomic mass is 10.2. The maximum atomic E-state index is 13.6. The zero-order chi connectivity index (χ0) is 16.9. The molecule has 0 fully saturated rings. The molecule has 3 nitrogen and oxygen atoms in total. The molecular weight excluding hydrogens is 332 g/mol. The molecule has 0 aliphatic rings. The van der Waals surface area contributed by atoms with Crippen LogP contribution in [0.3, 0.4) is 0 Å². The maximum absolute atomic E-state index is 13.6. The summed E-state index contributed by atoms with van der Waals surface area (Å²) in [6.45, 7) is 0.322. The molecule has 1 N–H and O–H groups in total. The summed E-state index contributed by atoms with van der Waals surface area (Å²) in [6, 6.07) is 13.9. The Morgan fingerprint density at radius 3 is 2.67 bits per heavy atom. The van der Waals surface area contributed by atoms with Crippen LogP contribution in [0.1, 0.15) is 15.2 Å². The van der Waals surface area contributed by atoms with Gasteiger partial charge in [0.25, 0.3) is 5.91 Å². The van der Waals surface area contributed by atoms with Gasteiger partial charge in [0.05, 0.1) is 10.6 Å². The van der Waals surface area contributed by atoms with Crippen molar-refractivity contribution in [2.24, 2.45) is 0 Å². The minimum absolute atomic E-state index is 0.185. The number of carbonyl (C=O) groups is 1.